The molecule has 2 aliphatic carbocycles. The van der Waals surface area contributed by atoms with Gasteiger partial charge >= 0.3 is 5.97 Å². The predicted octanol–water partition coefficient (Wildman–Crippen LogP) is 5.03. The van der Waals surface area contributed by atoms with Gasteiger partial charge in [0.1, 0.15) is 0 Å². The topological polar surface area (TPSA) is 140 Å². The molecule has 47 heavy (non-hydrogen) atoms. The summed E-state index contributed by atoms with van der Waals surface area (Å²) in [5.41, 5.74) is 7.99. The van der Waals surface area contributed by atoms with E-state index in [1.54, 1.807) is 0 Å². The Balaban J connectivity index is 1.28. The van der Waals surface area contributed by atoms with Crippen LogP contribution in [0.15, 0.2) is 24.3 Å². The van der Waals surface area contributed by atoms with Gasteiger partial charge in [-0.25, -0.2) is 0 Å². The zero-order valence-corrected chi connectivity index (χ0v) is 29.2. The fourth-order valence-corrected chi connectivity index (χ4v) is 10.8. The monoisotopic (exact) mass is 652 g/mol. The number of piperidine rings is 2. The van der Waals surface area contributed by atoms with Gasteiger partial charge in [-0.05, 0) is 144 Å². The number of aliphatic carboxylic acids is 1. The highest BCUT2D eigenvalue weighted by molar-refractivity contribution is 5.68. The lowest BCUT2D eigenvalue weighted by Gasteiger charge is -2.45. The Morgan fingerprint density at radius 2 is 1.66 bits per heavy atom. The molecular weight excluding hydrogens is 588 g/mol. The Morgan fingerprint density at radius 1 is 0.915 bits per heavy atom. The van der Waals surface area contributed by atoms with E-state index in [1.807, 2.05) is 0 Å². The van der Waals surface area contributed by atoms with Crippen molar-refractivity contribution >= 4 is 5.97 Å². The van der Waals surface area contributed by atoms with Crippen LogP contribution in [0.3, 0.4) is 0 Å². The Bertz CT molecular complexity index is 1210. The van der Waals surface area contributed by atoms with Crippen molar-refractivity contribution in [3.8, 4) is 0 Å². The summed E-state index contributed by atoms with van der Waals surface area (Å²) < 4.78 is 0. The van der Waals surface area contributed by atoms with Crippen LogP contribution < -0.4 is 21.7 Å². The Hall–Kier alpha value is -1.55. The smallest absolute Gasteiger partial charge is 0.306 e. The highest BCUT2D eigenvalue weighted by atomic mass is 16.4. The van der Waals surface area contributed by atoms with Crippen molar-refractivity contribution in [3.63, 3.8) is 0 Å². The first-order chi connectivity index (χ1) is 22.4. The SMILES string of the molecule is CC1NC(C2CCC3CCC4(CCCC4)CCC(O)(CC(=O)O)CNC4(C)CC(N)NC(Cc5cccc(c5)CC3C2)C4)CCC1O. The van der Waals surface area contributed by atoms with Crippen LogP contribution in [0.5, 0.6) is 0 Å². The number of benzene rings is 1. The van der Waals surface area contributed by atoms with E-state index in [1.165, 1.54) is 68.9 Å². The Labute approximate surface area is 283 Å². The van der Waals surface area contributed by atoms with Gasteiger partial charge in [0.2, 0.25) is 0 Å². The number of nitrogens with two attached hydrogens (primary N) is 1. The number of carboxylic acid groups (broad SMARTS) is 1. The molecule has 2 saturated heterocycles. The fourth-order valence-electron chi connectivity index (χ4n) is 10.8. The van der Waals surface area contributed by atoms with Gasteiger partial charge in [-0.3, -0.25) is 10.1 Å². The number of rotatable bonds is 3. The third kappa shape index (κ3) is 8.98. The molecule has 4 fully saturated rings. The Kier molecular flexibility index (Phi) is 11.1. The maximum atomic E-state index is 12.0. The average Bonchev–Trinajstić information content (AvgIpc) is 3.48. The summed E-state index contributed by atoms with van der Waals surface area (Å²) in [5.74, 6) is 1.02. The number of carbonyl (C=O) groups is 1. The number of hydrogen-bond donors (Lipinski definition) is 7. The highest BCUT2D eigenvalue weighted by Gasteiger charge is 2.43. The summed E-state index contributed by atoms with van der Waals surface area (Å²) in [7, 11) is 0. The Morgan fingerprint density at radius 3 is 2.40 bits per heavy atom. The quantitative estimate of drug-likeness (QED) is 0.241. The number of nitrogens with one attached hydrogen (secondary N) is 3. The summed E-state index contributed by atoms with van der Waals surface area (Å²) in [4.78, 5) is 12.0. The molecule has 8 nitrogen and oxygen atoms in total. The molecule has 1 aromatic carbocycles. The van der Waals surface area contributed by atoms with Crippen molar-refractivity contribution in [2.75, 3.05) is 6.54 Å². The first kappa shape index (κ1) is 35.3. The number of aliphatic hydroxyl groups excluding tert-OH is 1. The molecule has 0 aromatic heterocycles. The number of fused-ring (bicyclic) bond motifs is 5. The van der Waals surface area contributed by atoms with Gasteiger partial charge in [0, 0.05) is 30.2 Å². The zero-order chi connectivity index (χ0) is 33.2. The van der Waals surface area contributed by atoms with Gasteiger partial charge < -0.3 is 31.7 Å². The number of carboxylic acids is 1. The van der Waals surface area contributed by atoms with Crippen molar-refractivity contribution in [2.45, 2.75) is 171 Å². The van der Waals surface area contributed by atoms with Gasteiger partial charge in [0.15, 0.2) is 0 Å². The van der Waals surface area contributed by atoms with Gasteiger partial charge in [0.05, 0.1) is 24.3 Å². The minimum absolute atomic E-state index is 0.161. The molecule has 264 valence electrons. The molecule has 8 heteroatoms. The van der Waals surface area contributed by atoms with E-state index in [2.05, 4.69) is 54.1 Å². The largest absolute Gasteiger partial charge is 0.481 e. The van der Waals surface area contributed by atoms with Crippen molar-refractivity contribution in [3.05, 3.63) is 35.4 Å². The molecule has 8 N–H and O–H groups in total. The van der Waals surface area contributed by atoms with E-state index >= 15 is 0 Å². The summed E-state index contributed by atoms with van der Waals surface area (Å²) in [6, 6.07) is 10.1. The summed E-state index contributed by atoms with van der Waals surface area (Å²) in [6.07, 6.45) is 17.4. The van der Waals surface area contributed by atoms with Crippen LogP contribution in [0.25, 0.3) is 0 Å². The molecule has 4 bridgehead atoms. The van der Waals surface area contributed by atoms with Crippen molar-refractivity contribution in [1.29, 1.82) is 0 Å². The van der Waals surface area contributed by atoms with Gasteiger partial charge in [-0.15, -0.1) is 0 Å². The van der Waals surface area contributed by atoms with E-state index < -0.39 is 11.6 Å². The third-order valence-corrected chi connectivity index (χ3v) is 13.5. The first-order valence-electron chi connectivity index (χ1n) is 19.1. The molecule has 1 aromatic rings. The second kappa shape index (κ2) is 14.7. The van der Waals surface area contributed by atoms with Crippen LogP contribution in [0, 0.1) is 23.2 Å². The molecule has 10 unspecified atom stereocenters. The van der Waals surface area contributed by atoms with Crippen molar-refractivity contribution in [2.24, 2.45) is 28.9 Å². The molecule has 10 atom stereocenters. The lowest BCUT2D eigenvalue weighted by Crippen LogP contribution is -2.63. The zero-order valence-electron chi connectivity index (χ0n) is 29.2. The van der Waals surface area contributed by atoms with Crippen molar-refractivity contribution in [1.82, 2.24) is 16.0 Å². The molecule has 6 rings (SSSR count). The number of aliphatic hydroxyl groups is 2. The highest BCUT2D eigenvalue weighted by Crippen LogP contribution is 2.50. The van der Waals surface area contributed by atoms with Crippen LogP contribution in [0.4, 0.5) is 0 Å². The number of hydrogen-bond acceptors (Lipinski definition) is 7. The molecule has 3 aliphatic heterocycles. The molecule has 0 radical (unpaired) electrons. The second-order valence-corrected chi connectivity index (χ2v) is 17.4. The maximum absolute atomic E-state index is 12.0. The van der Waals surface area contributed by atoms with E-state index in [9.17, 15) is 20.1 Å². The van der Waals surface area contributed by atoms with Crippen LogP contribution in [-0.4, -0.2) is 69.4 Å². The van der Waals surface area contributed by atoms with Gasteiger partial charge in [-0.1, -0.05) is 37.1 Å². The van der Waals surface area contributed by atoms with Gasteiger partial charge in [0.25, 0.3) is 0 Å². The number of β-amino-alcohol motifs (C(OH)–C–C–N with tert-alkyl or cyclic N) is 1. The molecule has 3 heterocycles. The van der Waals surface area contributed by atoms with Crippen LogP contribution in [-0.2, 0) is 17.6 Å². The fraction of sp³-hybridized carbons (Fsp3) is 0.821. The maximum Gasteiger partial charge on any atom is 0.306 e. The molecule has 2 saturated carbocycles. The van der Waals surface area contributed by atoms with E-state index in [0.717, 1.165) is 44.9 Å². The van der Waals surface area contributed by atoms with E-state index in [-0.39, 0.29) is 48.3 Å². The molecular formula is C39H64N4O4. The minimum Gasteiger partial charge on any atom is -0.481 e. The first-order valence-corrected chi connectivity index (χ1v) is 19.1. The van der Waals surface area contributed by atoms with Crippen LogP contribution in [0.1, 0.15) is 128 Å². The van der Waals surface area contributed by atoms with Crippen LogP contribution in [0.2, 0.25) is 0 Å². The normalized spacial score (nSPS) is 41.8. The molecule has 1 spiro atoms. The van der Waals surface area contributed by atoms with E-state index in [0.29, 0.717) is 30.2 Å². The second-order valence-electron chi connectivity index (χ2n) is 17.4. The van der Waals surface area contributed by atoms with Crippen LogP contribution >= 0.6 is 0 Å². The van der Waals surface area contributed by atoms with Crippen molar-refractivity contribution < 1.29 is 20.1 Å². The summed E-state index contributed by atoms with van der Waals surface area (Å²) in [5, 5.41) is 43.3. The molecule has 5 aliphatic rings. The lowest BCUT2D eigenvalue weighted by atomic mass is 9.65. The standard InChI is InChI=1S/C39H64N4O4/c1-26-34(44)11-10-33(42-26)30-9-8-29-12-15-38(13-3-4-14-38)16-17-39(47,24-36(45)46)25-41-37(2)22-32(43-35(40)23-37)20-28-7-5-6-27(18-28)19-31(29)21-30/h5-7,18,26,29-35,41-44,47H,3-4,8-17,19-25,40H2,1-2H3,(H,45,46). The average molecular weight is 653 g/mol. The predicted molar refractivity (Wildman–Crippen MR) is 187 cm³/mol. The van der Waals surface area contributed by atoms with Gasteiger partial charge in [-0.2, -0.15) is 0 Å². The lowest BCUT2D eigenvalue weighted by molar-refractivity contribution is -0.143. The summed E-state index contributed by atoms with van der Waals surface area (Å²) >= 11 is 0. The minimum atomic E-state index is -1.28. The van der Waals surface area contributed by atoms with E-state index in [4.69, 9.17) is 5.73 Å². The third-order valence-electron chi connectivity index (χ3n) is 13.5. The summed E-state index contributed by atoms with van der Waals surface area (Å²) in [6.45, 7) is 4.60. The molecule has 0 amide bonds.